The number of anilines is 3. The highest BCUT2D eigenvalue weighted by Gasteiger charge is 2.05. The number of benzene rings is 2. The number of carbonyl (C=O) groups is 1. The van der Waals surface area contributed by atoms with Crippen LogP contribution >= 0.6 is 15.9 Å². The summed E-state index contributed by atoms with van der Waals surface area (Å²) >= 11 is 3.35. The standard InChI is InChI=1S/C13H12BrN3O/c14-11-7-6-9(15)8-12(11)17-13(18)16-10-4-2-1-3-5-10/h1-8H,15H2,(H2,16,17,18). The van der Waals surface area contributed by atoms with E-state index in [9.17, 15) is 4.79 Å². The van der Waals surface area contributed by atoms with E-state index in [2.05, 4.69) is 26.6 Å². The number of hydrogen-bond donors (Lipinski definition) is 3. The molecule has 2 rings (SSSR count). The van der Waals surface area contributed by atoms with E-state index < -0.39 is 0 Å². The second-order valence-corrected chi connectivity index (χ2v) is 4.54. The number of rotatable bonds is 2. The topological polar surface area (TPSA) is 67.1 Å². The fourth-order valence-electron chi connectivity index (χ4n) is 1.44. The van der Waals surface area contributed by atoms with E-state index in [1.165, 1.54) is 0 Å². The van der Waals surface area contributed by atoms with Crippen LogP contribution in [-0.2, 0) is 0 Å². The van der Waals surface area contributed by atoms with Gasteiger partial charge < -0.3 is 16.4 Å². The zero-order valence-electron chi connectivity index (χ0n) is 9.48. The number of carbonyl (C=O) groups excluding carboxylic acids is 1. The van der Waals surface area contributed by atoms with Gasteiger partial charge in [-0.2, -0.15) is 0 Å². The molecule has 4 N–H and O–H groups in total. The summed E-state index contributed by atoms with van der Waals surface area (Å²) in [7, 11) is 0. The summed E-state index contributed by atoms with van der Waals surface area (Å²) in [6.45, 7) is 0. The predicted octanol–water partition coefficient (Wildman–Crippen LogP) is 3.68. The Labute approximate surface area is 113 Å². The molecule has 0 bridgehead atoms. The van der Waals surface area contributed by atoms with E-state index >= 15 is 0 Å². The van der Waals surface area contributed by atoms with Gasteiger partial charge in [-0.3, -0.25) is 0 Å². The molecule has 0 aliphatic heterocycles. The molecule has 0 spiro atoms. The maximum absolute atomic E-state index is 11.8. The van der Waals surface area contributed by atoms with E-state index in [1.54, 1.807) is 18.2 Å². The van der Waals surface area contributed by atoms with Crippen molar-refractivity contribution in [3.63, 3.8) is 0 Å². The molecular formula is C13H12BrN3O. The van der Waals surface area contributed by atoms with Crippen molar-refractivity contribution in [3.8, 4) is 0 Å². The van der Waals surface area contributed by atoms with Gasteiger partial charge in [0.25, 0.3) is 0 Å². The largest absolute Gasteiger partial charge is 0.399 e. The van der Waals surface area contributed by atoms with Crippen LogP contribution in [0.2, 0.25) is 0 Å². The number of nitrogens with two attached hydrogens (primary N) is 1. The lowest BCUT2D eigenvalue weighted by atomic mass is 10.3. The Morgan fingerprint density at radius 1 is 1.06 bits per heavy atom. The van der Waals surface area contributed by atoms with Crippen molar-refractivity contribution in [1.82, 2.24) is 0 Å². The molecule has 0 saturated carbocycles. The van der Waals surface area contributed by atoms with Crippen molar-refractivity contribution in [2.75, 3.05) is 16.4 Å². The Bertz CT molecular complexity index is 557. The molecule has 0 aromatic heterocycles. The molecule has 2 aromatic rings. The Morgan fingerprint density at radius 3 is 2.50 bits per heavy atom. The molecule has 18 heavy (non-hydrogen) atoms. The van der Waals surface area contributed by atoms with Crippen LogP contribution in [-0.4, -0.2) is 6.03 Å². The Morgan fingerprint density at radius 2 is 1.78 bits per heavy atom. The van der Waals surface area contributed by atoms with Crippen molar-refractivity contribution < 1.29 is 4.79 Å². The monoisotopic (exact) mass is 305 g/mol. The van der Waals surface area contributed by atoms with Crippen LogP contribution in [0.3, 0.4) is 0 Å². The molecule has 0 atom stereocenters. The van der Waals surface area contributed by atoms with E-state index in [4.69, 9.17) is 5.73 Å². The van der Waals surface area contributed by atoms with Crippen LogP contribution in [0.15, 0.2) is 53.0 Å². The van der Waals surface area contributed by atoms with Gasteiger partial charge in [0.05, 0.1) is 5.69 Å². The molecule has 0 aliphatic rings. The molecule has 0 saturated heterocycles. The molecule has 0 heterocycles. The number of nitrogen functional groups attached to an aromatic ring is 1. The maximum atomic E-state index is 11.8. The van der Waals surface area contributed by atoms with E-state index in [0.717, 1.165) is 10.2 Å². The Kier molecular flexibility index (Phi) is 3.84. The summed E-state index contributed by atoms with van der Waals surface area (Å²) in [5, 5.41) is 5.45. The van der Waals surface area contributed by atoms with Crippen LogP contribution in [0.5, 0.6) is 0 Å². The van der Waals surface area contributed by atoms with Crippen molar-refractivity contribution in [3.05, 3.63) is 53.0 Å². The first-order valence-electron chi connectivity index (χ1n) is 5.33. The molecule has 5 heteroatoms. The SMILES string of the molecule is Nc1ccc(Br)c(NC(=O)Nc2ccccc2)c1. The van der Waals surface area contributed by atoms with Gasteiger partial charge >= 0.3 is 6.03 Å². The summed E-state index contributed by atoms with van der Waals surface area (Å²) in [4.78, 5) is 11.8. The van der Waals surface area contributed by atoms with Crippen LogP contribution in [0.4, 0.5) is 21.9 Å². The molecule has 0 fully saturated rings. The molecule has 4 nitrogen and oxygen atoms in total. The Balaban J connectivity index is 2.05. The number of para-hydroxylation sites is 1. The normalized spacial score (nSPS) is 9.83. The minimum absolute atomic E-state index is 0.312. The number of amides is 2. The van der Waals surface area contributed by atoms with Gasteiger partial charge in [-0.05, 0) is 46.3 Å². The quantitative estimate of drug-likeness (QED) is 0.741. The predicted molar refractivity (Wildman–Crippen MR) is 77.6 cm³/mol. The highest BCUT2D eigenvalue weighted by atomic mass is 79.9. The van der Waals surface area contributed by atoms with Gasteiger partial charge in [0.2, 0.25) is 0 Å². The van der Waals surface area contributed by atoms with Crippen molar-refractivity contribution in [1.29, 1.82) is 0 Å². The van der Waals surface area contributed by atoms with Crippen LogP contribution in [0.1, 0.15) is 0 Å². The van der Waals surface area contributed by atoms with Crippen molar-refractivity contribution in [2.24, 2.45) is 0 Å². The number of hydrogen-bond acceptors (Lipinski definition) is 2. The van der Waals surface area contributed by atoms with Gasteiger partial charge in [-0.15, -0.1) is 0 Å². The zero-order valence-corrected chi connectivity index (χ0v) is 11.1. The lowest BCUT2D eigenvalue weighted by Crippen LogP contribution is -2.19. The third-order valence-electron chi connectivity index (χ3n) is 2.27. The zero-order chi connectivity index (χ0) is 13.0. The second-order valence-electron chi connectivity index (χ2n) is 3.68. The number of halogens is 1. The summed E-state index contributed by atoms with van der Waals surface area (Å²) in [5.74, 6) is 0. The van der Waals surface area contributed by atoms with Crippen molar-refractivity contribution in [2.45, 2.75) is 0 Å². The molecule has 2 aromatic carbocycles. The fraction of sp³-hybridized carbons (Fsp3) is 0. The van der Waals surface area contributed by atoms with Crippen LogP contribution in [0.25, 0.3) is 0 Å². The maximum Gasteiger partial charge on any atom is 0.323 e. The van der Waals surface area contributed by atoms with E-state index in [-0.39, 0.29) is 6.03 Å². The lowest BCUT2D eigenvalue weighted by Gasteiger charge is -2.09. The molecule has 0 unspecified atom stereocenters. The van der Waals surface area contributed by atoms with Crippen LogP contribution < -0.4 is 16.4 Å². The number of urea groups is 1. The highest BCUT2D eigenvalue weighted by molar-refractivity contribution is 9.10. The average molecular weight is 306 g/mol. The van der Waals surface area contributed by atoms with E-state index in [1.807, 2.05) is 30.3 Å². The van der Waals surface area contributed by atoms with Crippen molar-refractivity contribution >= 4 is 39.0 Å². The highest BCUT2D eigenvalue weighted by Crippen LogP contribution is 2.24. The van der Waals surface area contributed by atoms with E-state index in [0.29, 0.717) is 11.4 Å². The summed E-state index contributed by atoms with van der Waals surface area (Å²) in [5.41, 5.74) is 7.61. The molecule has 2 amide bonds. The van der Waals surface area contributed by atoms with Gasteiger partial charge in [-0.25, -0.2) is 4.79 Å². The van der Waals surface area contributed by atoms with Gasteiger partial charge in [0, 0.05) is 15.8 Å². The average Bonchev–Trinajstić information content (AvgIpc) is 2.35. The number of nitrogens with one attached hydrogen (secondary N) is 2. The van der Waals surface area contributed by atoms with Gasteiger partial charge in [0.15, 0.2) is 0 Å². The first-order chi connectivity index (χ1) is 8.65. The first kappa shape index (κ1) is 12.4. The summed E-state index contributed by atoms with van der Waals surface area (Å²) in [6.07, 6.45) is 0. The van der Waals surface area contributed by atoms with Gasteiger partial charge in [0.1, 0.15) is 0 Å². The smallest absolute Gasteiger partial charge is 0.323 e. The molecule has 92 valence electrons. The third-order valence-corrected chi connectivity index (χ3v) is 2.96. The second kappa shape index (κ2) is 5.55. The summed E-state index contributed by atoms with van der Waals surface area (Å²) in [6, 6.07) is 14.1. The molecule has 0 aliphatic carbocycles. The summed E-state index contributed by atoms with van der Waals surface area (Å²) < 4.78 is 0.778. The fourth-order valence-corrected chi connectivity index (χ4v) is 1.79. The molecule has 0 radical (unpaired) electrons. The lowest BCUT2D eigenvalue weighted by molar-refractivity contribution is 0.262. The molecular weight excluding hydrogens is 294 g/mol. The first-order valence-corrected chi connectivity index (χ1v) is 6.12. The third kappa shape index (κ3) is 3.24. The van der Waals surface area contributed by atoms with Gasteiger partial charge in [-0.1, -0.05) is 18.2 Å². The minimum atomic E-state index is -0.312. The van der Waals surface area contributed by atoms with Crippen LogP contribution in [0, 0.1) is 0 Å². The Hall–Kier alpha value is -2.01. The minimum Gasteiger partial charge on any atom is -0.399 e.